The number of nitriles is 1. The summed E-state index contributed by atoms with van der Waals surface area (Å²) in [5, 5.41) is 15.9. The minimum absolute atomic E-state index is 0.0986. The highest BCUT2D eigenvalue weighted by molar-refractivity contribution is 5.95. The number of hydrogen-bond donors (Lipinski definition) is 0. The Labute approximate surface area is 226 Å². The maximum Gasteiger partial charge on any atom is 0.419 e. The highest BCUT2D eigenvalue weighted by atomic mass is 16.6. The molecule has 3 atom stereocenters. The number of rotatable bonds is 6. The van der Waals surface area contributed by atoms with Crippen LogP contribution in [-0.4, -0.2) is 45.7 Å². The molecular formula is C30H32N4O5. The molecule has 2 heterocycles. The number of aryl methyl sites for hydroxylation is 1. The van der Waals surface area contributed by atoms with Crippen molar-refractivity contribution in [3.8, 4) is 11.8 Å². The lowest BCUT2D eigenvalue weighted by atomic mass is 9.94. The molecule has 0 bridgehead atoms. The SMILES string of the molecule is CCOC(=O)C1CC1C(c1c(OC)cc(C)c2c1ccn2C(=O)OC(C)(C)C)n1cc2ccc(C#N)cc2n1. The third kappa shape index (κ3) is 4.83. The summed E-state index contributed by atoms with van der Waals surface area (Å²) in [6, 6.07) is 10.9. The number of methoxy groups -OCH3 is 1. The molecule has 0 N–H and O–H groups in total. The smallest absolute Gasteiger partial charge is 0.419 e. The van der Waals surface area contributed by atoms with Crippen LogP contribution in [0.2, 0.25) is 0 Å². The van der Waals surface area contributed by atoms with E-state index in [1.807, 2.05) is 56.8 Å². The van der Waals surface area contributed by atoms with Gasteiger partial charge in [-0.1, -0.05) is 0 Å². The first-order valence-corrected chi connectivity index (χ1v) is 13.0. The molecule has 1 fully saturated rings. The Morgan fingerprint density at radius 1 is 1.23 bits per heavy atom. The average molecular weight is 529 g/mol. The normalized spacial score (nSPS) is 17.6. The quantitative estimate of drug-likeness (QED) is 0.293. The number of aromatic nitrogens is 3. The molecule has 0 saturated heterocycles. The molecule has 1 saturated carbocycles. The Kier molecular flexibility index (Phi) is 6.59. The predicted octanol–water partition coefficient (Wildman–Crippen LogP) is 5.75. The highest BCUT2D eigenvalue weighted by Gasteiger charge is 2.51. The first kappa shape index (κ1) is 26.3. The highest BCUT2D eigenvalue weighted by Crippen LogP contribution is 2.53. The van der Waals surface area contributed by atoms with Gasteiger partial charge in [0.05, 0.1) is 48.3 Å². The van der Waals surface area contributed by atoms with Crippen molar-refractivity contribution in [1.29, 1.82) is 5.26 Å². The van der Waals surface area contributed by atoms with Crippen molar-refractivity contribution in [2.45, 2.75) is 52.7 Å². The number of hydrogen-bond acceptors (Lipinski definition) is 7. The van der Waals surface area contributed by atoms with Crippen LogP contribution in [0.1, 0.15) is 56.8 Å². The molecular weight excluding hydrogens is 496 g/mol. The van der Waals surface area contributed by atoms with Crippen LogP contribution in [0.15, 0.2) is 42.7 Å². The third-order valence-electron chi connectivity index (χ3n) is 7.04. The molecule has 0 radical (unpaired) electrons. The molecule has 0 amide bonds. The van der Waals surface area contributed by atoms with E-state index in [0.717, 1.165) is 21.9 Å². The zero-order valence-corrected chi connectivity index (χ0v) is 23.0. The summed E-state index contributed by atoms with van der Waals surface area (Å²) >= 11 is 0. The number of ether oxygens (including phenoxy) is 3. The van der Waals surface area contributed by atoms with Crippen LogP contribution < -0.4 is 4.74 Å². The van der Waals surface area contributed by atoms with Crippen molar-refractivity contribution < 1.29 is 23.8 Å². The Morgan fingerprint density at radius 2 is 2.00 bits per heavy atom. The summed E-state index contributed by atoms with van der Waals surface area (Å²) in [5.41, 5.74) is 2.93. The molecule has 2 aromatic carbocycles. The number of carbonyl (C=O) groups is 2. The average Bonchev–Trinajstić information content (AvgIpc) is 3.34. The van der Waals surface area contributed by atoms with Gasteiger partial charge in [0, 0.05) is 28.7 Å². The van der Waals surface area contributed by atoms with Crippen molar-refractivity contribution in [1.82, 2.24) is 14.3 Å². The minimum Gasteiger partial charge on any atom is -0.496 e. The lowest BCUT2D eigenvalue weighted by Crippen LogP contribution is -2.27. The van der Waals surface area contributed by atoms with Crippen molar-refractivity contribution in [3.63, 3.8) is 0 Å². The lowest BCUT2D eigenvalue weighted by molar-refractivity contribution is -0.145. The van der Waals surface area contributed by atoms with E-state index in [1.165, 1.54) is 4.57 Å². The Hall–Kier alpha value is -4.32. The van der Waals surface area contributed by atoms with Gasteiger partial charge in [0.15, 0.2) is 0 Å². The number of nitrogens with zero attached hydrogens (tertiary/aromatic N) is 4. The summed E-state index contributed by atoms with van der Waals surface area (Å²) in [7, 11) is 1.61. The number of fused-ring (bicyclic) bond motifs is 2. The number of carbonyl (C=O) groups excluding carboxylic acids is 2. The molecule has 3 unspecified atom stereocenters. The van der Waals surface area contributed by atoms with E-state index in [0.29, 0.717) is 35.4 Å². The Bertz CT molecular complexity index is 1640. The molecule has 39 heavy (non-hydrogen) atoms. The molecule has 0 spiro atoms. The molecule has 9 heteroatoms. The van der Waals surface area contributed by atoms with Crippen LogP contribution >= 0.6 is 0 Å². The van der Waals surface area contributed by atoms with Crippen molar-refractivity contribution in [2.24, 2.45) is 11.8 Å². The van der Waals surface area contributed by atoms with Gasteiger partial charge < -0.3 is 14.2 Å². The lowest BCUT2D eigenvalue weighted by Gasteiger charge is -2.24. The van der Waals surface area contributed by atoms with Crippen LogP contribution in [-0.2, 0) is 14.3 Å². The fourth-order valence-electron chi connectivity index (χ4n) is 5.34. The van der Waals surface area contributed by atoms with E-state index in [-0.39, 0.29) is 23.8 Å². The summed E-state index contributed by atoms with van der Waals surface area (Å²) in [6.07, 6.45) is 3.80. The Morgan fingerprint density at radius 3 is 2.67 bits per heavy atom. The molecule has 1 aliphatic carbocycles. The number of esters is 1. The fraction of sp³-hybridized carbons (Fsp3) is 0.400. The monoisotopic (exact) mass is 528 g/mol. The molecule has 1 aliphatic rings. The molecule has 0 aliphatic heterocycles. The topological polar surface area (TPSA) is 108 Å². The van der Waals surface area contributed by atoms with E-state index in [9.17, 15) is 14.9 Å². The van der Waals surface area contributed by atoms with Gasteiger partial charge in [-0.05, 0) is 82.9 Å². The maximum absolute atomic E-state index is 13.1. The zero-order valence-electron chi connectivity index (χ0n) is 23.0. The first-order valence-electron chi connectivity index (χ1n) is 13.0. The van der Waals surface area contributed by atoms with Crippen LogP contribution in [0.3, 0.4) is 0 Å². The molecule has 5 rings (SSSR count). The third-order valence-corrected chi connectivity index (χ3v) is 7.04. The van der Waals surface area contributed by atoms with Crippen LogP contribution in [0.4, 0.5) is 4.79 Å². The van der Waals surface area contributed by atoms with Gasteiger partial charge in [0.2, 0.25) is 0 Å². The van der Waals surface area contributed by atoms with Gasteiger partial charge >= 0.3 is 12.1 Å². The molecule has 202 valence electrons. The van der Waals surface area contributed by atoms with E-state index in [1.54, 1.807) is 32.4 Å². The standard InChI is InChI=1S/C30H32N4O5/c1-7-38-28(35)22-14-21(22)27(34-16-19-9-8-18(15-31)13-23(19)32-34)25-20-10-11-33(29(36)39-30(3,4)5)26(20)17(2)12-24(25)37-6/h8-13,16,21-22,27H,7,14H2,1-6H3. The minimum atomic E-state index is -0.655. The van der Waals surface area contributed by atoms with Crippen LogP contribution in [0, 0.1) is 30.1 Å². The van der Waals surface area contributed by atoms with Crippen molar-refractivity contribution in [2.75, 3.05) is 13.7 Å². The summed E-state index contributed by atoms with van der Waals surface area (Å²) in [5.74, 6) is 0.0211. The Balaban J connectivity index is 1.71. The zero-order chi connectivity index (χ0) is 28.1. The molecule has 4 aromatic rings. The van der Waals surface area contributed by atoms with Gasteiger partial charge in [0.25, 0.3) is 0 Å². The summed E-state index contributed by atoms with van der Waals surface area (Å²) in [6.45, 7) is 9.52. The fourth-order valence-corrected chi connectivity index (χ4v) is 5.34. The van der Waals surface area contributed by atoms with Gasteiger partial charge in [0.1, 0.15) is 11.4 Å². The van der Waals surface area contributed by atoms with Gasteiger partial charge in [-0.2, -0.15) is 10.4 Å². The summed E-state index contributed by atoms with van der Waals surface area (Å²) < 4.78 is 20.3. The summed E-state index contributed by atoms with van der Waals surface area (Å²) in [4.78, 5) is 25.9. The van der Waals surface area contributed by atoms with E-state index in [4.69, 9.17) is 19.3 Å². The van der Waals surface area contributed by atoms with Gasteiger partial charge in [-0.15, -0.1) is 0 Å². The largest absolute Gasteiger partial charge is 0.496 e. The van der Waals surface area contributed by atoms with E-state index >= 15 is 0 Å². The molecule has 2 aromatic heterocycles. The van der Waals surface area contributed by atoms with Crippen LogP contribution in [0.25, 0.3) is 21.8 Å². The second kappa shape index (κ2) is 9.77. The molecule has 9 nitrogen and oxygen atoms in total. The number of benzene rings is 2. The van der Waals surface area contributed by atoms with Crippen LogP contribution in [0.5, 0.6) is 5.75 Å². The van der Waals surface area contributed by atoms with Gasteiger partial charge in [-0.3, -0.25) is 14.0 Å². The van der Waals surface area contributed by atoms with E-state index < -0.39 is 11.7 Å². The van der Waals surface area contributed by atoms with Crippen molar-refractivity contribution in [3.05, 3.63) is 59.4 Å². The first-order chi connectivity index (χ1) is 18.6. The maximum atomic E-state index is 13.1. The van der Waals surface area contributed by atoms with Crippen molar-refractivity contribution >= 4 is 33.9 Å². The second-order valence-corrected chi connectivity index (χ2v) is 10.9. The second-order valence-electron chi connectivity index (χ2n) is 10.9. The predicted molar refractivity (Wildman–Crippen MR) is 146 cm³/mol. The van der Waals surface area contributed by atoms with Gasteiger partial charge in [-0.25, -0.2) is 4.79 Å². The van der Waals surface area contributed by atoms with E-state index in [2.05, 4.69) is 6.07 Å².